The molecule has 0 spiro atoms. The third kappa shape index (κ3) is 3.63. The van der Waals surface area contributed by atoms with E-state index < -0.39 is 0 Å². The first kappa shape index (κ1) is 20.0. The predicted octanol–water partition coefficient (Wildman–Crippen LogP) is 2.53. The maximum absolute atomic E-state index is 13.3. The van der Waals surface area contributed by atoms with Crippen LogP contribution in [0.5, 0.6) is 0 Å². The van der Waals surface area contributed by atoms with E-state index >= 15 is 0 Å². The molecule has 0 saturated carbocycles. The number of carbonyl (C=O) groups is 2. The van der Waals surface area contributed by atoms with Crippen LogP contribution in [0.1, 0.15) is 41.5 Å². The Morgan fingerprint density at radius 2 is 2.20 bits per heavy atom. The minimum Gasteiger partial charge on any atom is -0.320 e. The number of anilines is 1. The Labute approximate surface area is 186 Å². The molecule has 0 radical (unpaired) electrons. The molecule has 3 aliphatic rings. The number of hydrogen-bond donors (Lipinski definition) is 2. The van der Waals surface area contributed by atoms with E-state index in [1.54, 1.807) is 5.38 Å². The number of rotatable bonds is 2. The summed E-state index contributed by atoms with van der Waals surface area (Å²) < 4.78 is 0.657. The number of aromatic amines is 1. The highest BCUT2D eigenvalue weighted by Gasteiger charge is 2.39. The van der Waals surface area contributed by atoms with Crippen LogP contribution < -0.4 is 5.32 Å². The molecule has 2 atom stereocenters. The second kappa shape index (κ2) is 7.93. The van der Waals surface area contributed by atoms with Crippen molar-refractivity contribution in [3.05, 3.63) is 26.2 Å². The summed E-state index contributed by atoms with van der Waals surface area (Å²) in [6.45, 7) is 6.13. The van der Waals surface area contributed by atoms with Crippen molar-refractivity contribution in [1.82, 2.24) is 29.9 Å². The number of fused-ring (bicyclic) bond motifs is 2. The molecular weight excluding hydrogens is 470 g/mol. The number of urea groups is 1. The van der Waals surface area contributed by atoms with Crippen LogP contribution in [0.2, 0.25) is 0 Å². The molecule has 9 nitrogen and oxygen atoms in total. The molecule has 2 saturated heterocycles. The smallest absolute Gasteiger partial charge is 0.320 e. The van der Waals surface area contributed by atoms with E-state index in [4.69, 9.17) is 0 Å². The molecule has 160 valence electrons. The summed E-state index contributed by atoms with van der Waals surface area (Å²) in [6, 6.07) is 0.785. The highest BCUT2D eigenvalue weighted by atomic mass is 79.9. The third-order valence-electron chi connectivity index (χ3n) is 6.33. The zero-order valence-electron chi connectivity index (χ0n) is 16.7. The van der Waals surface area contributed by atoms with Gasteiger partial charge in [0.05, 0.1) is 6.54 Å². The molecule has 1 unspecified atom stereocenters. The summed E-state index contributed by atoms with van der Waals surface area (Å²) in [5, 5.41) is 11.8. The van der Waals surface area contributed by atoms with Crippen molar-refractivity contribution < 1.29 is 9.59 Å². The van der Waals surface area contributed by atoms with Gasteiger partial charge in [-0.05, 0) is 42.2 Å². The molecule has 11 heteroatoms. The number of aromatic nitrogens is 3. The van der Waals surface area contributed by atoms with Crippen molar-refractivity contribution in [2.45, 2.75) is 44.8 Å². The summed E-state index contributed by atoms with van der Waals surface area (Å²) in [7, 11) is 0. The van der Waals surface area contributed by atoms with E-state index in [2.05, 4.69) is 48.3 Å². The number of carbonyl (C=O) groups excluding carboxylic acids is 2. The van der Waals surface area contributed by atoms with Gasteiger partial charge in [-0.1, -0.05) is 0 Å². The molecule has 2 N–H and O–H groups in total. The van der Waals surface area contributed by atoms with Gasteiger partial charge in [-0.3, -0.25) is 14.8 Å². The van der Waals surface area contributed by atoms with Gasteiger partial charge in [0, 0.05) is 54.8 Å². The Hall–Kier alpha value is -1.98. The van der Waals surface area contributed by atoms with Crippen LogP contribution in [0.3, 0.4) is 0 Å². The van der Waals surface area contributed by atoms with E-state index in [0.717, 1.165) is 30.9 Å². The normalized spacial score (nSPS) is 23.9. The van der Waals surface area contributed by atoms with Crippen molar-refractivity contribution in [1.29, 1.82) is 0 Å². The van der Waals surface area contributed by atoms with Crippen LogP contribution >= 0.6 is 27.3 Å². The van der Waals surface area contributed by atoms with Gasteiger partial charge in [-0.25, -0.2) is 9.78 Å². The second-order valence-corrected chi connectivity index (χ2v) is 10.3. The van der Waals surface area contributed by atoms with Gasteiger partial charge < -0.3 is 15.1 Å². The number of amides is 3. The Morgan fingerprint density at radius 1 is 1.33 bits per heavy atom. The zero-order valence-corrected chi connectivity index (χ0v) is 19.1. The lowest BCUT2D eigenvalue weighted by atomic mass is 10.1. The molecular formula is C19H24BrN7O2S. The summed E-state index contributed by atoms with van der Waals surface area (Å²) in [5.41, 5.74) is 2.20. The highest BCUT2D eigenvalue weighted by Crippen LogP contribution is 2.29. The molecule has 5 heterocycles. The largest absolute Gasteiger partial charge is 0.320 e. The van der Waals surface area contributed by atoms with Crippen molar-refractivity contribution in [3.63, 3.8) is 0 Å². The predicted molar refractivity (Wildman–Crippen MR) is 117 cm³/mol. The summed E-state index contributed by atoms with van der Waals surface area (Å²) in [6.07, 6.45) is 3.09. The monoisotopic (exact) mass is 493 g/mol. The van der Waals surface area contributed by atoms with Gasteiger partial charge in [0.2, 0.25) is 0 Å². The fraction of sp³-hybridized carbons (Fsp3) is 0.579. The van der Waals surface area contributed by atoms with Crippen molar-refractivity contribution >= 4 is 45.0 Å². The van der Waals surface area contributed by atoms with Gasteiger partial charge in [0.1, 0.15) is 5.69 Å². The Balaban J connectivity index is 1.29. The molecule has 3 aliphatic heterocycles. The van der Waals surface area contributed by atoms with E-state index in [-0.39, 0.29) is 18.0 Å². The Morgan fingerprint density at radius 3 is 3.00 bits per heavy atom. The number of thiazole rings is 1. The lowest BCUT2D eigenvalue weighted by Gasteiger charge is -2.44. The van der Waals surface area contributed by atoms with Crippen molar-refractivity contribution in [3.8, 4) is 0 Å². The average molecular weight is 494 g/mol. The fourth-order valence-electron chi connectivity index (χ4n) is 4.72. The number of H-pyrrole nitrogens is 1. The number of piperazine rings is 1. The number of nitrogens with one attached hydrogen (secondary N) is 2. The van der Waals surface area contributed by atoms with Crippen molar-refractivity contribution in [2.24, 2.45) is 0 Å². The number of halogens is 1. The van der Waals surface area contributed by atoms with Crippen LogP contribution in [0.25, 0.3) is 0 Å². The maximum Gasteiger partial charge on any atom is 0.320 e. The van der Waals surface area contributed by atoms with E-state index in [1.165, 1.54) is 24.2 Å². The first-order valence-corrected chi connectivity index (χ1v) is 11.9. The van der Waals surface area contributed by atoms with Crippen LogP contribution in [-0.4, -0.2) is 80.1 Å². The van der Waals surface area contributed by atoms with E-state index in [9.17, 15) is 9.59 Å². The molecule has 2 aromatic heterocycles. The van der Waals surface area contributed by atoms with E-state index in [1.807, 2.05) is 9.80 Å². The first-order chi connectivity index (χ1) is 14.5. The molecule has 3 amide bonds. The molecule has 0 aliphatic carbocycles. The lowest BCUT2D eigenvalue weighted by Crippen LogP contribution is -2.59. The fourth-order valence-corrected chi connectivity index (χ4v) is 5.72. The van der Waals surface area contributed by atoms with Crippen LogP contribution in [0, 0.1) is 0 Å². The van der Waals surface area contributed by atoms with Crippen molar-refractivity contribution in [2.75, 3.05) is 31.5 Å². The minimum atomic E-state index is -0.305. The molecule has 5 rings (SSSR count). The lowest BCUT2D eigenvalue weighted by molar-refractivity contribution is 0.0610. The maximum atomic E-state index is 13.3. The second-order valence-electron chi connectivity index (χ2n) is 8.22. The SMILES string of the molecule is C[C@H]1CN2CCCC2CN1C(=O)N1CCc2[nH]nc(NC(=O)c3csc(Br)n3)c2C1. The minimum absolute atomic E-state index is 0.0848. The molecule has 2 aromatic rings. The van der Waals surface area contributed by atoms with Gasteiger partial charge in [0.25, 0.3) is 5.91 Å². The van der Waals surface area contributed by atoms with Gasteiger partial charge in [0.15, 0.2) is 9.73 Å². The van der Waals surface area contributed by atoms with Gasteiger partial charge in [-0.15, -0.1) is 11.3 Å². The molecule has 0 bridgehead atoms. The average Bonchev–Trinajstić information content (AvgIpc) is 3.46. The van der Waals surface area contributed by atoms with E-state index in [0.29, 0.717) is 41.0 Å². The summed E-state index contributed by atoms with van der Waals surface area (Å²) >= 11 is 4.63. The number of hydrogen-bond acceptors (Lipinski definition) is 6. The summed E-state index contributed by atoms with van der Waals surface area (Å²) in [5.74, 6) is 0.172. The molecule has 0 aromatic carbocycles. The van der Waals surface area contributed by atoms with Crippen LogP contribution in [0.15, 0.2) is 9.30 Å². The number of nitrogens with zero attached hydrogens (tertiary/aromatic N) is 5. The Bertz CT molecular complexity index is 976. The quantitative estimate of drug-likeness (QED) is 0.669. The standard InChI is InChI=1S/C19H24BrN7O2S/c1-11-7-25-5-2-3-12(25)8-27(11)19(29)26-6-4-14-13(9-26)16(24-23-14)22-17(28)15-10-30-18(20)21-15/h10-12H,2-9H2,1H3,(H2,22,23,24,28)/t11-,12?/m0/s1. The van der Waals surface area contributed by atoms with Crippen LogP contribution in [-0.2, 0) is 13.0 Å². The van der Waals surface area contributed by atoms with Gasteiger partial charge >= 0.3 is 6.03 Å². The summed E-state index contributed by atoms with van der Waals surface area (Å²) in [4.78, 5) is 36.4. The molecule has 30 heavy (non-hydrogen) atoms. The first-order valence-electron chi connectivity index (χ1n) is 10.3. The van der Waals surface area contributed by atoms with Gasteiger partial charge in [-0.2, -0.15) is 5.10 Å². The third-order valence-corrected chi connectivity index (χ3v) is 7.69. The topological polar surface area (TPSA) is 97.5 Å². The van der Waals surface area contributed by atoms with Crippen LogP contribution in [0.4, 0.5) is 10.6 Å². The zero-order chi connectivity index (χ0) is 20.8. The Kier molecular flexibility index (Phi) is 5.28. The highest BCUT2D eigenvalue weighted by molar-refractivity contribution is 9.11. The molecule has 2 fully saturated rings.